The van der Waals surface area contributed by atoms with Crippen molar-refractivity contribution in [1.29, 1.82) is 0 Å². The van der Waals surface area contributed by atoms with Crippen LogP contribution in [0.5, 0.6) is 0 Å². The van der Waals surface area contributed by atoms with Gasteiger partial charge >= 0.3 is 0 Å². The highest BCUT2D eigenvalue weighted by atomic mass is 79.9. The molecule has 0 aliphatic carbocycles. The summed E-state index contributed by atoms with van der Waals surface area (Å²) in [6.07, 6.45) is -0.608. The van der Waals surface area contributed by atoms with Crippen molar-refractivity contribution < 1.29 is 13.9 Å². The van der Waals surface area contributed by atoms with Crippen LogP contribution in [0, 0.1) is 5.82 Å². The molecule has 0 saturated carbocycles. The Bertz CT molecular complexity index is 370. The van der Waals surface area contributed by atoms with Crippen LogP contribution in [-0.2, 0) is 9.53 Å². The highest BCUT2D eigenvalue weighted by Gasteiger charge is 2.13. The molecule has 0 spiro atoms. The summed E-state index contributed by atoms with van der Waals surface area (Å²) in [4.78, 5) is 11.4. The fourth-order valence-corrected chi connectivity index (χ4v) is 1.30. The van der Waals surface area contributed by atoms with E-state index in [1.165, 1.54) is 19.2 Å². The third-order valence-corrected chi connectivity index (χ3v) is 2.40. The summed E-state index contributed by atoms with van der Waals surface area (Å²) < 4.78 is 18.7. The van der Waals surface area contributed by atoms with Crippen LogP contribution in [-0.4, -0.2) is 19.1 Å². The fourth-order valence-electron chi connectivity index (χ4n) is 0.935. The Kier molecular flexibility index (Phi) is 4.23. The van der Waals surface area contributed by atoms with Gasteiger partial charge in [-0.3, -0.25) is 4.79 Å². The average molecular weight is 276 g/mol. The molecule has 1 amide bonds. The van der Waals surface area contributed by atoms with E-state index < -0.39 is 11.9 Å². The lowest BCUT2D eigenvalue weighted by atomic mass is 10.3. The van der Waals surface area contributed by atoms with Crippen LogP contribution in [0.15, 0.2) is 22.7 Å². The summed E-state index contributed by atoms with van der Waals surface area (Å²) in [6, 6.07) is 4.33. The Balaban J connectivity index is 2.80. The molecule has 0 aromatic heterocycles. The van der Waals surface area contributed by atoms with Gasteiger partial charge in [-0.05, 0) is 25.1 Å². The number of benzene rings is 1. The number of hydrogen-bond acceptors (Lipinski definition) is 2. The van der Waals surface area contributed by atoms with E-state index in [2.05, 4.69) is 21.2 Å². The number of hydrogen-bond donors (Lipinski definition) is 1. The molecule has 0 heterocycles. The summed E-state index contributed by atoms with van der Waals surface area (Å²) >= 11 is 3.19. The number of methoxy groups -OCH3 is 1. The van der Waals surface area contributed by atoms with Crippen molar-refractivity contribution in [2.75, 3.05) is 12.4 Å². The topological polar surface area (TPSA) is 38.3 Å². The largest absolute Gasteiger partial charge is 0.372 e. The van der Waals surface area contributed by atoms with Gasteiger partial charge in [0.25, 0.3) is 5.91 Å². The summed E-state index contributed by atoms with van der Waals surface area (Å²) in [6.45, 7) is 1.59. The van der Waals surface area contributed by atoms with E-state index in [1.54, 1.807) is 13.0 Å². The van der Waals surface area contributed by atoms with Gasteiger partial charge in [-0.15, -0.1) is 0 Å². The molecule has 0 aliphatic rings. The summed E-state index contributed by atoms with van der Waals surface area (Å²) in [5, 5.41) is 2.43. The van der Waals surface area contributed by atoms with E-state index in [-0.39, 0.29) is 11.6 Å². The Labute approximate surface area is 95.7 Å². The first-order chi connectivity index (χ1) is 7.04. The highest BCUT2D eigenvalue weighted by Crippen LogP contribution is 2.20. The molecular formula is C10H11BrFNO2. The van der Waals surface area contributed by atoms with Crippen molar-refractivity contribution >= 4 is 27.5 Å². The second kappa shape index (κ2) is 5.23. The molecular weight excluding hydrogens is 265 g/mol. The monoisotopic (exact) mass is 275 g/mol. The van der Waals surface area contributed by atoms with Gasteiger partial charge < -0.3 is 10.1 Å². The van der Waals surface area contributed by atoms with E-state index in [4.69, 9.17) is 4.74 Å². The van der Waals surface area contributed by atoms with Crippen molar-refractivity contribution in [3.8, 4) is 0 Å². The molecule has 82 valence electrons. The lowest BCUT2D eigenvalue weighted by Crippen LogP contribution is -2.26. The molecule has 3 nitrogen and oxygen atoms in total. The van der Waals surface area contributed by atoms with Crippen LogP contribution in [0.1, 0.15) is 6.92 Å². The van der Waals surface area contributed by atoms with Gasteiger partial charge in [-0.25, -0.2) is 4.39 Å². The molecule has 15 heavy (non-hydrogen) atoms. The van der Waals surface area contributed by atoms with Gasteiger partial charge in [0.1, 0.15) is 11.9 Å². The first-order valence-corrected chi connectivity index (χ1v) is 5.12. The van der Waals surface area contributed by atoms with Gasteiger partial charge in [-0.2, -0.15) is 0 Å². The number of carbonyl (C=O) groups is 1. The summed E-state index contributed by atoms with van der Waals surface area (Å²) in [7, 11) is 1.42. The number of carbonyl (C=O) groups excluding carboxylic acids is 1. The summed E-state index contributed by atoms with van der Waals surface area (Å²) in [5.74, 6) is -0.857. The van der Waals surface area contributed by atoms with Gasteiger partial charge in [0.05, 0.1) is 5.69 Å². The minimum absolute atomic E-state index is 0.137. The molecule has 0 fully saturated rings. The van der Waals surface area contributed by atoms with Crippen molar-refractivity contribution in [3.05, 3.63) is 28.5 Å². The maximum Gasteiger partial charge on any atom is 0.253 e. The van der Waals surface area contributed by atoms with E-state index in [0.717, 1.165) is 0 Å². The van der Waals surface area contributed by atoms with Crippen LogP contribution in [0.2, 0.25) is 0 Å². The molecule has 1 rings (SSSR count). The average Bonchev–Trinajstić information content (AvgIpc) is 2.22. The first-order valence-electron chi connectivity index (χ1n) is 4.33. The smallest absolute Gasteiger partial charge is 0.253 e. The van der Waals surface area contributed by atoms with Crippen LogP contribution in [0.3, 0.4) is 0 Å². The van der Waals surface area contributed by atoms with Gasteiger partial charge in [0.2, 0.25) is 0 Å². The van der Waals surface area contributed by atoms with E-state index in [9.17, 15) is 9.18 Å². The third kappa shape index (κ3) is 3.28. The van der Waals surface area contributed by atoms with Gasteiger partial charge in [0.15, 0.2) is 0 Å². The number of halogens is 2. The molecule has 5 heteroatoms. The Morgan fingerprint density at radius 1 is 1.60 bits per heavy atom. The second-order valence-electron chi connectivity index (χ2n) is 2.99. The van der Waals surface area contributed by atoms with Crippen LogP contribution >= 0.6 is 15.9 Å². The van der Waals surface area contributed by atoms with Crippen LogP contribution < -0.4 is 5.32 Å². The molecule has 1 unspecified atom stereocenters. The fraction of sp³-hybridized carbons (Fsp3) is 0.300. The van der Waals surface area contributed by atoms with Crippen molar-refractivity contribution in [1.82, 2.24) is 0 Å². The van der Waals surface area contributed by atoms with E-state index in [1.807, 2.05) is 0 Å². The SMILES string of the molecule is COC(C)C(=O)Nc1cc(Br)ccc1F. The molecule has 1 aromatic rings. The minimum atomic E-state index is -0.608. The zero-order valence-corrected chi connectivity index (χ0v) is 9.97. The molecule has 0 saturated heterocycles. The number of anilines is 1. The minimum Gasteiger partial charge on any atom is -0.372 e. The van der Waals surface area contributed by atoms with Crippen LogP contribution in [0.25, 0.3) is 0 Å². The van der Waals surface area contributed by atoms with Crippen molar-refractivity contribution in [2.24, 2.45) is 0 Å². The molecule has 0 radical (unpaired) electrons. The quantitative estimate of drug-likeness (QED) is 0.921. The van der Waals surface area contributed by atoms with Crippen molar-refractivity contribution in [2.45, 2.75) is 13.0 Å². The maximum absolute atomic E-state index is 13.2. The predicted molar refractivity (Wildman–Crippen MR) is 59.2 cm³/mol. The number of nitrogens with one attached hydrogen (secondary N) is 1. The second-order valence-corrected chi connectivity index (χ2v) is 3.91. The zero-order chi connectivity index (χ0) is 11.4. The molecule has 1 N–H and O–H groups in total. The molecule has 0 aliphatic heterocycles. The molecule has 1 aromatic carbocycles. The number of ether oxygens (including phenoxy) is 1. The molecule has 0 bridgehead atoms. The lowest BCUT2D eigenvalue weighted by molar-refractivity contribution is -0.124. The van der Waals surface area contributed by atoms with E-state index >= 15 is 0 Å². The molecule has 1 atom stereocenters. The maximum atomic E-state index is 13.2. The normalized spacial score (nSPS) is 12.3. The Hall–Kier alpha value is -0.940. The number of amides is 1. The first kappa shape index (κ1) is 12.1. The van der Waals surface area contributed by atoms with Crippen molar-refractivity contribution in [3.63, 3.8) is 0 Å². The van der Waals surface area contributed by atoms with Gasteiger partial charge in [0, 0.05) is 11.6 Å². The summed E-state index contributed by atoms with van der Waals surface area (Å²) in [5.41, 5.74) is 0.137. The third-order valence-electron chi connectivity index (χ3n) is 1.91. The number of rotatable bonds is 3. The zero-order valence-electron chi connectivity index (χ0n) is 8.38. The van der Waals surface area contributed by atoms with Gasteiger partial charge in [-0.1, -0.05) is 15.9 Å². The Morgan fingerprint density at radius 2 is 2.27 bits per heavy atom. The highest BCUT2D eigenvalue weighted by molar-refractivity contribution is 9.10. The standard InChI is InChI=1S/C10H11BrFNO2/c1-6(15-2)10(14)13-9-5-7(11)3-4-8(9)12/h3-6H,1-2H3,(H,13,14). The lowest BCUT2D eigenvalue weighted by Gasteiger charge is -2.11. The Morgan fingerprint density at radius 3 is 2.87 bits per heavy atom. The predicted octanol–water partition coefficient (Wildman–Crippen LogP) is 2.56. The van der Waals surface area contributed by atoms with E-state index in [0.29, 0.717) is 4.47 Å². The van der Waals surface area contributed by atoms with Crippen LogP contribution in [0.4, 0.5) is 10.1 Å².